The van der Waals surface area contributed by atoms with Gasteiger partial charge in [0, 0.05) is 20.2 Å². The van der Waals surface area contributed by atoms with E-state index in [4.69, 9.17) is 18.9 Å². The largest absolute Gasteiger partial charge is 0.480 e. The fourth-order valence-electron chi connectivity index (χ4n) is 3.19. The molecule has 7 heteroatoms. The van der Waals surface area contributed by atoms with Crippen molar-refractivity contribution < 1.29 is 28.8 Å². The maximum atomic E-state index is 11.8. The second kappa shape index (κ2) is 7.83. The van der Waals surface area contributed by atoms with Gasteiger partial charge in [-0.3, -0.25) is 9.69 Å². The number of hydrogen-bond acceptors (Lipinski definition) is 6. The Morgan fingerprint density at radius 2 is 2.04 bits per heavy atom. The van der Waals surface area contributed by atoms with Crippen LogP contribution in [0.15, 0.2) is 18.2 Å². The third kappa shape index (κ3) is 3.80. The van der Waals surface area contributed by atoms with Crippen molar-refractivity contribution in [3.8, 4) is 11.5 Å². The molecule has 1 aromatic carbocycles. The predicted molar refractivity (Wildman–Crippen MR) is 85.4 cm³/mol. The van der Waals surface area contributed by atoms with E-state index in [1.807, 2.05) is 4.90 Å². The van der Waals surface area contributed by atoms with Crippen molar-refractivity contribution in [2.75, 3.05) is 40.2 Å². The van der Waals surface area contributed by atoms with Crippen LogP contribution in [-0.4, -0.2) is 62.3 Å². The minimum absolute atomic E-state index is 0.169. The summed E-state index contributed by atoms with van der Waals surface area (Å²) in [5, 5.41) is 9.71. The van der Waals surface area contributed by atoms with Crippen LogP contribution in [0.2, 0.25) is 0 Å². The molecule has 0 spiro atoms. The molecule has 1 aromatic rings. The molecule has 1 N–H and O–H groups in total. The second-order valence-electron chi connectivity index (χ2n) is 5.95. The molecule has 7 nitrogen and oxygen atoms in total. The number of carbonyl (C=O) groups is 1. The van der Waals surface area contributed by atoms with E-state index in [0.29, 0.717) is 43.4 Å². The molecule has 1 atom stereocenters. The molecule has 0 aliphatic carbocycles. The molecular formula is C17H23NO6. The molecular weight excluding hydrogens is 314 g/mol. The Labute approximate surface area is 141 Å². The summed E-state index contributed by atoms with van der Waals surface area (Å²) in [6.07, 6.45) is 1.80. The van der Waals surface area contributed by atoms with Crippen molar-refractivity contribution in [2.24, 2.45) is 0 Å². The normalized spacial score (nSPS) is 19.4. The van der Waals surface area contributed by atoms with Crippen LogP contribution in [0.3, 0.4) is 0 Å². The highest BCUT2D eigenvalue weighted by molar-refractivity contribution is 5.76. The number of ether oxygens (including phenoxy) is 4. The standard InChI is InChI=1S/C17H23NO6/c1-21-8-9-22-13-4-6-18(7-5-13)16(17(19)20)12-2-3-14-15(10-12)24-11-23-14/h2-3,10,13,16H,4-9,11H2,1H3,(H,19,20)/t16-/m0/s1. The van der Waals surface area contributed by atoms with Crippen LogP contribution in [0.5, 0.6) is 11.5 Å². The number of carboxylic acids is 1. The van der Waals surface area contributed by atoms with E-state index in [-0.39, 0.29) is 12.9 Å². The van der Waals surface area contributed by atoms with Gasteiger partial charge in [0.1, 0.15) is 6.04 Å². The van der Waals surface area contributed by atoms with Crippen molar-refractivity contribution in [3.63, 3.8) is 0 Å². The van der Waals surface area contributed by atoms with Gasteiger partial charge >= 0.3 is 5.97 Å². The SMILES string of the molecule is COCCOC1CCN([C@H](C(=O)O)c2ccc3c(c2)OCO3)CC1. The monoisotopic (exact) mass is 337 g/mol. The summed E-state index contributed by atoms with van der Waals surface area (Å²) in [6.45, 7) is 2.70. The maximum absolute atomic E-state index is 11.8. The van der Waals surface area contributed by atoms with Crippen LogP contribution in [0, 0.1) is 0 Å². The molecule has 1 saturated heterocycles. The van der Waals surface area contributed by atoms with Gasteiger partial charge in [-0.1, -0.05) is 6.07 Å². The Kier molecular flexibility index (Phi) is 5.55. The lowest BCUT2D eigenvalue weighted by atomic mass is 10.00. The minimum Gasteiger partial charge on any atom is -0.480 e. The Bertz CT molecular complexity index is 570. The third-order valence-corrected chi connectivity index (χ3v) is 4.43. The molecule has 132 valence electrons. The number of piperidine rings is 1. The number of benzene rings is 1. The van der Waals surface area contributed by atoms with E-state index in [1.165, 1.54) is 0 Å². The van der Waals surface area contributed by atoms with Gasteiger partial charge in [0.15, 0.2) is 11.5 Å². The zero-order valence-electron chi connectivity index (χ0n) is 13.8. The van der Waals surface area contributed by atoms with Gasteiger partial charge < -0.3 is 24.1 Å². The van der Waals surface area contributed by atoms with Gasteiger partial charge in [0.05, 0.1) is 19.3 Å². The Morgan fingerprint density at radius 1 is 1.29 bits per heavy atom. The summed E-state index contributed by atoms with van der Waals surface area (Å²) in [7, 11) is 1.65. The van der Waals surface area contributed by atoms with E-state index in [1.54, 1.807) is 25.3 Å². The van der Waals surface area contributed by atoms with Crippen molar-refractivity contribution in [1.29, 1.82) is 0 Å². The van der Waals surface area contributed by atoms with Crippen molar-refractivity contribution in [1.82, 2.24) is 4.90 Å². The first-order chi connectivity index (χ1) is 11.7. The first-order valence-corrected chi connectivity index (χ1v) is 8.16. The zero-order valence-corrected chi connectivity index (χ0v) is 13.8. The molecule has 2 heterocycles. The number of methoxy groups -OCH3 is 1. The summed E-state index contributed by atoms with van der Waals surface area (Å²) in [6, 6.07) is 4.66. The Morgan fingerprint density at radius 3 is 2.75 bits per heavy atom. The number of fused-ring (bicyclic) bond motifs is 1. The van der Waals surface area contributed by atoms with Crippen LogP contribution in [0.25, 0.3) is 0 Å². The highest BCUT2D eigenvalue weighted by Gasteiger charge is 2.32. The lowest BCUT2D eigenvalue weighted by Crippen LogP contribution is -2.42. The summed E-state index contributed by atoms with van der Waals surface area (Å²) in [5.74, 6) is 0.414. The molecule has 0 saturated carbocycles. The number of nitrogens with zero attached hydrogens (tertiary/aromatic N) is 1. The zero-order chi connectivity index (χ0) is 16.9. The number of rotatable bonds is 7. The quantitative estimate of drug-likeness (QED) is 0.758. The van der Waals surface area contributed by atoms with Gasteiger partial charge in [-0.15, -0.1) is 0 Å². The molecule has 24 heavy (non-hydrogen) atoms. The Balaban J connectivity index is 1.64. The van der Waals surface area contributed by atoms with Crippen molar-refractivity contribution in [3.05, 3.63) is 23.8 Å². The van der Waals surface area contributed by atoms with Crippen LogP contribution in [0.4, 0.5) is 0 Å². The van der Waals surface area contributed by atoms with Crippen molar-refractivity contribution >= 4 is 5.97 Å². The average molecular weight is 337 g/mol. The molecule has 0 amide bonds. The van der Waals surface area contributed by atoms with E-state index >= 15 is 0 Å². The first kappa shape index (κ1) is 17.0. The lowest BCUT2D eigenvalue weighted by Gasteiger charge is -2.35. The second-order valence-corrected chi connectivity index (χ2v) is 5.95. The molecule has 0 unspecified atom stereocenters. The molecule has 3 rings (SSSR count). The highest BCUT2D eigenvalue weighted by Crippen LogP contribution is 2.36. The predicted octanol–water partition coefficient (Wildman–Crippen LogP) is 1.67. The smallest absolute Gasteiger partial charge is 0.325 e. The molecule has 2 aliphatic rings. The highest BCUT2D eigenvalue weighted by atomic mass is 16.7. The fraction of sp³-hybridized carbons (Fsp3) is 0.588. The number of likely N-dealkylation sites (tertiary alicyclic amines) is 1. The summed E-state index contributed by atoms with van der Waals surface area (Å²) in [4.78, 5) is 13.8. The van der Waals surface area contributed by atoms with Gasteiger partial charge in [0.25, 0.3) is 0 Å². The number of aliphatic carboxylic acids is 1. The summed E-state index contributed by atoms with van der Waals surface area (Å²) in [5.41, 5.74) is 0.713. The topological polar surface area (TPSA) is 77.5 Å². The molecule has 2 aliphatic heterocycles. The molecule has 0 aromatic heterocycles. The maximum Gasteiger partial charge on any atom is 0.325 e. The van der Waals surface area contributed by atoms with Gasteiger partial charge in [-0.05, 0) is 30.5 Å². The summed E-state index contributed by atoms with van der Waals surface area (Å²) >= 11 is 0. The van der Waals surface area contributed by atoms with Gasteiger partial charge in [-0.2, -0.15) is 0 Å². The van der Waals surface area contributed by atoms with Crippen LogP contribution >= 0.6 is 0 Å². The van der Waals surface area contributed by atoms with Crippen molar-refractivity contribution in [2.45, 2.75) is 25.0 Å². The number of carboxylic acid groups (broad SMARTS) is 1. The third-order valence-electron chi connectivity index (χ3n) is 4.43. The molecule has 1 fully saturated rings. The minimum atomic E-state index is -0.854. The first-order valence-electron chi connectivity index (χ1n) is 8.16. The Hall–Kier alpha value is -1.83. The fourth-order valence-corrected chi connectivity index (χ4v) is 3.19. The summed E-state index contributed by atoms with van der Waals surface area (Å²) < 4.78 is 21.4. The van der Waals surface area contributed by atoms with E-state index in [2.05, 4.69) is 0 Å². The van der Waals surface area contributed by atoms with E-state index in [0.717, 1.165) is 12.8 Å². The van der Waals surface area contributed by atoms with Gasteiger partial charge in [-0.25, -0.2) is 0 Å². The van der Waals surface area contributed by atoms with E-state index in [9.17, 15) is 9.90 Å². The lowest BCUT2D eigenvalue weighted by molar-refractivity contribution is -0.145. The van der Waals surface area contributed by atoms with Crippen LogP contribution in [-0.2, 0) is 14.3 Å². The average Bonchev–Trinajstić information content (AvgIpc) is 3.04. The van der Waals surface area contributed by atoms with Crippen LogP contribution in [0.1, 0.15) is 24.4 Å². The molecule has 0 radical (unpaired) electrons. The van der Waals surface area contributed by atoms with Gasteiger partial charge in [0.2, 0.25) is 6.79 Å². The van der Waals surface area contributed by atoms with Crippen LogP contribution < -0.4 is 9.47 Å². The number of hydrogen-bond donors (Lipinski definition) is 1. The molecule has 0 bridgehead atoms. The van der Waals surface area contributed by atoms with E-state index < -0.39 is 12.0 Å².